The van der Waals surface area contributed by atoms with Crippen LogP contribution in [0.15, 0.2) is 24.3 Å². The molecular weight excluding hydrogens is 198 g/mol. The zero-order valence-corrected chi connectivity index (χ0v) is 9.48. The molecule has 0 saturated carbocycles. The van der Waals surface area contributed by atoms with Crippen LogP contribution in [-0.4, -0.2) is 30.8 Å². The normalized spacial score (nSPS) is 32.6. The fourth-order valence-corrected chi connectivity index (χ4v) is 3.18. The van der Waals surface area contributed by atoms with Gasteiger partial charge in [-0.05, 0) is 49.9 Å². The van der Waals surface area contributed by atoms with Gasteiger partial charge in [0.1, 0.15) is 6.29 Å². The molecule has 4 rings (SSSR count). The Bertz CT molecular complexity index is 374. The van der Waals surface area contributed by atoms with Crippen LogP contribution in [-0.2, 0) is 5.41 Å². The van der Waals surface area contributed by atoms with Crippen LogP contribution < -0.4 is 0 Å². The first-order valence-electron chi connectivity index (χ1n) is 6.11. The van der Waals surface area contributed by atoms with E-state index in [9.17, 15) is 4.79 Å². The smallest absolute Gasteiger partial charge is 0.150 e. The van der Waals surface area contributed by atoms with Gasteiger partial charge in [-0.2, -0.15) is 0 Å². The molecule has 0 amide bonds. The Morgan fingerprint density at radius 3 is 2.06 bits per heavy atom. The second-order valence-corrected chi connectivity index (χ2v) is 5.11. The molecule has 3 aliphatic heterocycles. The third-order valence-corrected chi connectivity index (χ3v) is 4.38. The number of piperidine rings is 3. The van der Waals surface area contributed by atoms with Crippen LogP contribution >= 0.6 is 0 Å². The Morgan fingerprint density at radius 1 is 1.00 bits per heavy atom. The molecule has 84 valence electrons. The van der Waals surface area contributed by atoms with Gasteiger partial charge in [0.2, 0.25) is 0 Å². The summed E-state index contributed by atoms with van der Waals surface area (Å²) in [6, 6.07) is 8.23. The topological polar surface area (TPSA) is 20.3 Å². The van der Waals surface area contributed by atoms with Crippen LogP contribution in [0, 0.1) is 0 Å². The minimum absolute atomic E-state index is 0.413. The molecule has 0 spiro atoms. The van der Waals surface area contributed by atoms with Gasteiger partial charge in [-0.3, -0.25) is 4.79 Å². The van der Waals surface area contributed by atoms with Crippen molar-refractivity contribution in [2.45, 2.75) is 24.7 Å². The third-order valence-electron chi connectivity index (χ3n) is 4.38. The molecule has 3 aliphatic rings. The molecule has 0 aliphatic carbocycles. The van der Waals surface area contributed by atoms with Crippen LogP contribution in [0.5, 0.6) is 0 Å². The van der Waals surface area contributed by atoms with Crippen LogP contribution in [0.1, 0.15) is 35.2 Å². The van der Waals surface area contributed by atoms with E-state index in [-0.39, 0.29) is 0 Å². The quantitative estimate of drug-likeness (QED) is 0.705. The third kappa shape index (κ3) is 1.49. The predicted octanol–water partition coefficient (Wildman–Crippen LogP) is 2.24. The lowest BCUT2D eigenvalue weighted by atomic mass is 9.67. The molecular formula is C14H17NO. The second-order valence-electron chi connectivity index (χ2n) is 5.11. The van der Waals surface area contributed by atoms with Gasteiger partial charge in [0.05, 0.1) is 0 Å². The Kier molecular flexibility index (Phi) is 2.32. The van der Waals surface area contributed by atoms with Crippen molar-refractivity contribution in [1.29, 1.82) is 0 Å². The number of rotatable bonds is 2. The first-order chi connectivity index (χ1) is 7.82. The molecule has 0 unspecified atom stereocenters. The van der Waals surface area contributed by atoms with Crippen molar-refractivity contribution in [3.8, 4) is 0 Å². The lowest BCUT2D eigenvalue weighted by Gasteiger charge is -2.48. The Hall–Kier alpha value is -1.15. The van der Waals surface area contributed by atoms with E-state index in [0.29, 0.717) is 5.41 Å². The summed E-state index contributed by atoms with van der Waals surface area (Å²) < 4.78 is 0. The molecule has 1 aromatic rings. The summed E-state index contributed by atoms with van der Waals surface area (Å²) in [6.45, 7) is 3.74. The Balaban J connectivity index is 1.92. The molecule has 3 heterocycles. The van der Waals surface area contributed by atoms with Gasteiger partial charge >= 0.3 is 0 Å². The number of nitrogens with zero attached hydrogens (tertiary/aromatic N) is 1. The minimum Gasteiger partial charge on any atom is -0.303 e. The number of fused-ring (bicyclic) bond motifs is 3. The van der Waals surface area contributed by atoms with Gasteiger partial charge in [-0.25, -0.2) is 0 Å². The number of carbonyl (C=O) groups is 1. The van der Waals surface area contributed by atoms with Gasteiger partial charge in [-0.15, -0.1) is 0 Å². The number of hydrogen-bond acceptors (Lipinski definition) is 2. The van der Waals surface area contributed by atoms with Crippen LogP contribution in [0.3, 0.4) is 0 Å². The van der Waals surface area contributed by atoms with Crippen molar-refractivity contribution in [3.63, 3.8) is 0 Å². The molecule has 3 saturated heterocycles. The van der Waals surface area contributed by atoms with E-state index in [1.165, 1.54) is 44.5 Å². The highest BCUT2D eigenvalue weighted by molar-refractivity contribution is 5.74. The van der Waals surface area contributed by atoms with Crippen molar-refractivity contribution in [3.05, 3.63) is 35.4 Å². The molecule has 0 radical (unpaired) electrons. The minimum atomic E-state index is 0.413. The summed E-state index contributed by atoms with van der Waals surface area (Å²) >= 11 is 0. The summed E-state index contributed by atoms with van der Waals surface area (Å²) in [6.07, 6.45) is 4.78. The molecule has 2 nitrogen and oxygen atoms in total. The molecule has 2 bridgehead atoms. The Labute approximate surface area is 96.3 Å². The van der Waals surface area contributed by atoms with E-state index >= 15 is 0 Å². The zero-order chi connectivity index (χ0) is 11.0. The summed E-state index contributed by atoms with van der Waals surface area (Å²) in [5, 5.41) is 0. The maximum Gasteiger partial charge on any atom is 0.150 e. The average molecular weight is 215 g/mol. The highest BCUT2D eigenvalue weighted by Gasteiger charge is 2.40. The highest BCUT2D eigenvalue weighted by atomic mass is 16.1. The van der Waals surface area contributed by atoms with Gasteiger partial charge in [-0.1, -0.05) is 24.3 Å². The first-order valence-corrected chi connectivity index (χ1v) is 6.11. The summed E-state index contributed by atoms with van der Waals surface area (Å²) in [7, 11) is 0. The predicted molar refractivity (Wildman–Crippen MR) is 63.8 cm³/mol. The molecule has 1 aromatic carbocycles. The summed E-state index contributed by atoms with van der Waals surface area (Å²) in [4.78, 5) is 13.2. The monoisotopic (exact) mass is 215 g/mol. The fourth-order valence-electron chi connectivity index (χ4n) is 3.18. The summed E-state index contributed by atoms with van der Waals surface area (Å²) in [5.41, 5.74) is 2.64. The van der Waals surface area contributed by atoms with Crippen molar-refractivity contribution < 1.29 is 4.79 Å². The fraction of sp³-hybridized carbons (Fsp3) is 0.500. The Morgan fingerprint density at radius 2 is 1.56 bits per heavy atom. The van der Waals surface area contributed by atoms with Crippen molar-refractivity contribution in [2.75, 3.05) is 19.6 Å². The van der Waals surface area contributed by atoms with Gasteiger partial charge < -0.3 is 4.90 Å². The number of aldehydes is 1. The van der Waals surface area contributed by atoms with Gasteiger partial charge in [0, 0.05) is 5.56 Å². The SMILES string of the molecule is O=Cc1ccc(C23CCN(CC2)CC3)cc1. The average Bonchev–Trinajstić information content (AvgIpc) is 2.41. The lowest BCUT2D eigenvalue weighted by molar-refractivity contribution is 0.0817. The standard InChI is InChI=1S/C14H17NO/c16-11-12-1-3-13(4-2-12)14-5-8-15(9-6-14)10-7-14/h1-4,11H,5-10H2. The molecule has 16 heavy (non-hydrogen) atoms. The van der Waals surface area contributed by atoms with Crippen molar-refractivity contribution >= 4 is 6.29 Å². The summed E-state index contributed by atoms with van der Waals surface area (Å²) in [5.74, 6) is 0. The molecule has 0 atom stereocenters. The van der Waals surface area contributed by atoms with Crippen molar-refractivity contribution in [2.24, 2.45) is 0 Å². The van der Waals surface area contributed by atoms with E-state index in [0.717, 1.165) is 11.8 Å². The van der Waals surface area contributed by atoms with E-state index in [2.05, 4.69) is 17.0 Å². The number of carbonyl (C=O) groups excluding carboxylic acids is 1. The largest absolute Gasteiger partial charge is 0.303 e. The number of hydrogen-bond donors (Lipinski definition) is 0. The van der Waals surface area contributed by atoms with Crippen LogP contribution in [0.25, 0.3) is 0 Å². The van der Waals surface area contributed by atoms with Gasteiger partial charge in [0.15, 0.2) is 0 Å². The van der Waals surface area contributed by atoms with E-state index in [1.807, 2.05) is 12.1 Å². The van der Waals surface area contributed by atoms with E-state index in [1.54, 1.807) is 0 Å². The van der Waals surface area contributed by atoms with Crippen LogP contribution in [0.4, 0.5) is 0 Å². The highest BCUT2D eigenvalue weighted by Crippen LogP contribution is 2.42. The first kappa shape index (κ1) is 10.0. The second kappa shape index (κ2) is 3.70. The zero-order valence-electron chi connectivity index (χ0n) is 9.48. The van der Waals surface area contributed by atoms with E-state index in [4.69, 9.17) is 0 Å². The van der Waals surface area contributed by atoms with Gasteiger partial charge in [0.25, 0.3) is 0 Å². The molecule has 0 aromatic heterocycles. The van der Waals surface area contributed by atoms with Crippen molar-refractivity contribution in [1.82, 2.24) is 4.90 Å². The molecule has 2 heteroatoms. The lowest BCUT2D eigenvalue weighted by Crippen LogP contribution is -2.50. The maximum absolute atomic E-state index is 10.6. The maximum atomic E-state index is 10.6. The van der Waals surface area contributed by atoms with E-state index < -0.39 is 0 Å². The van der Waals surface area contributed by atoms with Crippen LogP contribution in [0.2, 0.25) is 0 Å². The number of benzene rings is 1. The molecule has 3 fully saturated rings. The molecule has 0 N–H and O–H groups in total.